The molecule has 1 heterocycles. The average molecular weight is 407 g/mol. The third-order valence-electron chi connectivity index (χ3n) is 5.10. The zero-order valence-corrected chi connectivity index (χ0v) is 17.2. The molecule has 0 spiro atoms. The maximum absolute atomic E-state index is 13.0. The maximum atomic E-state index is 13.0. The molecule has 1 fully saturated rings. The molecule has 1 aliphatic carbocycles. The van der Waals surface area contributed by atoms with Crippen LogP contribution in [0.25, 0.3) is 0 Å². The van der Waals surface area contributed by atoms with E-state index >= 15 is 0 Å². The molecule has 1 aromatic carbocycles. The summed E-state index contributed by atoms with van der Waals surface area (Å²) in [6, 6.07) is 10.4. The Morgan fingerprint density at radius 3 is 2.67 bits per heavy atom. The number of amides is 1. The highest BCUT2D eigenvalue weighted by atomic mass is 32.2. The van der Waals surface area contributed by atoms with Gasteiger partial charge in [-0.1, -0.05) is 31.4 Å². The molecule has 0 saturated heterocycles. The molecule has 1 saturated carbocycles. The Bertz CT molecular complexity index is 857. The predicted molar refractivity (Wildman–Crippen MR) is 109 cm³/mol. The second kappa shape index (κ2) is 8.99. The van der Waals surface area contributed by atoms with E-state index < -0.39 is 10.0 Å². The van der Waals surface area contributed by atoms with Gasteiger partial charge in [0, 0.05) is 30.1 Å². The van der Waals surface area contributed by atoms with Gasteiger partial charge in [-0.2, -0.15) is 4.31 Å². The first-order valence-corrected chi connectivity index (χ1v) is 11.7. The molecule has 5 nitrogen and oxygen atoms in total. The Hall–Kier alpha value is -1.70. The van der Waals surface area contributed by atoms with Crippen molar-refractivity contribution < 1.29 is 13.2 Å². The van der Waals surface area contributed by atoms with Crippen molar-refractivity contribution in [2.45, 2.75) is 49.5 Å². The quantitative estimate of drug-likeness (QED) is 0.763. The molecule has 27 heavy (non-hydrogen) atoms. The van der Waals surface area contributed by atoms with Gasteiger partial charge < -0.3 is 5.32 Å². The van der Waals surface area contributed by atoms with Crippen LogP contribution in [0.4, 0.5) is 0 Å². The van der Waals surface area contributed by atoms with E-state index in [9.17, 15) is 13.2 Å². The molecule has 0 atom stereocenters. The highest BCUT2D eigenvalue weighted by Gasteiger charge is 2.29. The molecule has 3 rings (SSSR count). The molecule has 1 amide bonds. The lowest BCUT2D eigenvalue weighted by Crippen LogP contribution is -2.38. The molecular formula is C20H26N2O3S2. The van der Waals surface area contributed by atoms with E-state index in [1.165, 1.54) is 21.7 Å². The molecule has 1 aliphatic rings. The lowest BCUT2D eigenvalue weighted by Gasteiger charge is -2.30. The lowest BCUT2D eigenvalue weighted by atomic mass is 9.96. The fourth-order valence-electron chi connectivity index (χ4n) is 3.46. The van der Waals surface area contributed by atoms with Crippen molar-refractivity contribution in [3.05, 3.63) is 52.2 Å². The third kappa shape index (κ3) is 4.97. The van der Waals surface area contributed by atoms with Gasteiger partial charge in [-0.3, -0.25) is 4.79 Å². The Balaban J connectivity index is 1.67. The Morgan fingerprint density at radius 1 is 1.19 bits per heavy atom. The lowest BCUT2D eigenvalue weighted by molar-refractivity contribution is 0.0954. The van der Waals surface area contributed by atoms with Crippen LogP contribution >= 0.6 is 11.3 Å². The van der Waals surface area contributed by atoms with Crippen LogP contribution < -0.4 is 5.32 Å². The fraction of sp³-hybridized carbons (Fsp3) is 0.450. The summed E-state index contributed by atoms with van der Waals surface area (Å²) in [7, 11) is -1.94. The average Bonchev–Trinajstić information content (AvgIpc) is 3.21. The number of rotatable bonds is 7. The first kappa shape index (κ1) is 20.0. The number of nitrogens with zero attached hydrogens (tertiary/aromatic N) is 1. The number of hydrogen-bond acceptors (Lipinski definition) is 4. The van der Waals surface area contributed by atoms with E-state index in [1.54, 1.807) is 36.6 Å². The molecule has 2 aromatic rings. The Kier molecular flexibility index (Phi) is 6.68. The summed E-state index contributed by atoms with van der Waals surface area (Å²) in [5.41, 5.74) is 0.374. The van der Waals surface area contributed by atoms with Gasteiger partial charge in [0.05, 0.1) is 4.90 Å². The minimum Gasteiger partial charge on any atom is -0.352 e. The van der Waals surface area contributed by atoms with E-state index in [-0.39, 0.29) is 16.8 Å². The summed E-state index contributed by atoms with van der Waals surface area (Å²) in [4.78, 5) is 13.8. The summed E-state index contributed by atoms with van der Waals surface area (Å²) in [5.74, 6) is -0.246. The van der Waals surface area contributed by atoms with Crippen molar-refractivity contribution >= 4 is 27.3 Å². The van der Waals surface area contributed by atoms with Crippen LogP contribution in [0.1, 0.15) is 47.3 Å². The second-order valence-electron chi connectivity index (χ2n) is 6.93. The van der Waals surface area contributed by atoms with Crippen molar-refractivity contribution in [2.24, 2.45) is 0 Å². The smallest absolute Gasteiger partial charge is 0.251 e. The summed E-state index contributed by atoms with van der Waals surface area (Å²) in [6.07, 6.45) is 5.88. The van der Waals surface area contributed by atoms with Gasteiger partial charge in [-0.25, -0.2) is 8.42 Å². The van der Waals surface area contributed by atoms with E-state index in [0.717, 1.165) is 32.1 Å². The molecular weight excluding hydrogens is 380 g/mol. The molecule has 0 bridgehead atoms. The van der Waals surface area contributed by atoms with E-state index in [4.69, 9.17) is 0 Å². The molecule has 1 aromatic heterocycles. The number of carbonyl (C=O) groups excluding carboxylic acids is 1. The topological polar surface area (TPSA) is 66.5 Å². The van der Waals surface area contributed by atoms with Gasteiger partial charge in [0.1, 0.15) is 0 Å². The van der Waals surface area contributed by atoms with Crippen molar-refractivity contribution in [1.82, 2.24) is 9.62 Å². The molecule has 7 heteroatoms. The molecule has 1 N–H and O–H groups in total. The minimum absolute atomic E-state index is 0.0482. The zero-order chi connectivity index (χ0) is 19.3. The van der Waals surface area contributed by atoms with Gasteiger partial charge in [0.2, 0.25) is 10.0 Å². The first-order valence-electron chi connectivity index (χ1n) is 9.37. The summed E-state index contributed by atoms with van der Waals surface area (Å²) >= 11 is 1.66. The maximum Gasteiger partial charge on any atom is 0.251 e. The van der Waals surface area contributed by atoms with Gasteiger partial charge in [-0.15, -0.1) is 11.3 Å². The summed E-state index contributed by atoms with van der Waals surface area (Å²) in [5, 5.41) is 4.88. The second-order valence-corrected chi connectivity index (χ2v) is 9.96. The summed E-state index contributed by atoms with van der Waals surface area (Å²) < 4.78 is 27.4. The predicted octanol–water partition coefficient (Wildman–Crippen LogP) is 3.67. The van der Waals surface area contributed by atoms with E-state index in [0.29, 0.717) is 12.1 Å². The van der Waals surface area contributed by atoms with Crippen LogP contribution in [-0.2, 0) is 16.4 Å². The van der Waals surface area contributed by atoms with Crippen molar-refractivity contribution in [1.29, 1.82) is 0 Å². The SMILES string of the molecule is CN(C1CCCCC1)S(=O)(=O)c1cccc(C(=O)NCCc2cccs2)c1. The molecule has 146 valence electrons. The minimum atomic E-state index is -3.60. The zero-order valence-electron chi connectivity index (χ0n) is 15.6. The number of carbonyl (C=O) groups is 1. The number of nitrogens with one attached hydrogen (secondary N) is 1. The highest BCUT2D eigenvalue weighted by Crippen LogP contribution is 2.26. The van der Waals surface area contributed by atoms with Crippen LogP contribution in [0.3, 0.4) is 0 Å². The van der Waals surface area contributed by atoms with E-state index in [2.05, 4.69) is 5.32 Å². The molecule has 0 aliphatic heterocycles. The van der Waals surface area contributed by atoms with Gasteiger partial charge in [-0.05, 0) is 48.9 Å². The monoisotopic (exact) mass is 406 g/mol. The standard InChI is InChI=1S/C20H26N2O3S2/c1-22(17-8-3-2-4-9-17)27(24,25)19-11-5-7-16(15-19)20(23)21-13-12-18-10-6-14-26-18/h5-7,10-11,14-15,17H,2-4,8-9,12-13H2,1H3,(H,21,23). The van der Waals surface area contributed by atoms with Crippen LogP contribution in [0.2, 0.25) is 0 Å². The summed E-state index contributed by atoms with van der Waals surface area (Å²) in [6.45, 7) is 0.526. The van der Waals surface area contributed by atoms with Crippen LogP contribution in [-0.4, -0.2) is 38.3 Å². The molecule has 0 unspecified atom stereocenters. The van der Waals surface area contributed by atoms with Gasteiger partial charge in [0.25, 0.3) is 5.91 Å². The van der Waals surface area contributed by atoms with Gasteiger partial charge >= 0.3 is 0 Å². The van der Waals surface area contributed by atoms with Crippen molar-refractivity contribution in [3.63, 3.8) is 0 Å². The number of benzene rings is 1. The van der Waals surface area contributed by atoms with Crippen molar-refractivity contribution in [2.75, 3.05) is 13.6 Å². The van der Waals surface area contributed by atoms with E-state index in [1.807, 2.05) is 17.5 Å². The fourth-order valence-corrected chi connectivity index (χ4v) is 5.63. The number of thiophene rings is 1. The Morgan fingerprint density at radius 2 is 1.96 bits per heavy atom. The number of hydrogen-bond donors (Lipinski definition) is 1. The van der Waals surface area contributed by atoms with Crippen LogP contribution in [0.5, 0.6) is 0 Å². The molecule has 0 radical (unpaired) electrons. The highest BCUT2D eigenvalue weighted by molar-refractivity contribution is 7.89. The van der Waals surface area contributed by atoms with Crippen LogP contribution in [0.15, 0.2) is 46.7 Å². The first-order chi connectivity index (χ1) is 13.0. The van der Waals surface area contributed by atoms with Crippen LogP contribution in [0, 0.1) is 0 Å². The normalized spacial score (nSPS) is 15.8. The number of sulfonamides is 1. The Labute approximate surface area is 165 Å². The van der Waals surface area contributed by atoms with Gasteiger partial charge in [0.15, 0.2) is 0 Å². The van der Waals surface area contributed by atoms with Crippen molar-refractivity contribution in [3.8, 4) is 0 Å². The third-order valence-corrected chi connectivity index (χ3v) is 7.94. The largest absolute Gasteiger partial charge is 0.352 e.